The van der Waals surface area contributed by atoms with Gasteiger partial charge >= 0.3 is 0 Å². The van der Waals surface area contributed by atoms with Gasteiger partial charge in [0, 0.05) is 18.5 Å². The average Bonchev–Trinajstić information content (AvgIpc) is 2.76. The highest BCUT2D eigenvalue weighted by Crippen LogP contribution is 2.30. The minimum atomic E-state index is -0.202. The predicted molar refractivity (Wildman–Crippen MR) is 61.1 cm³/mol. The lowest BCUT2D eigenvalue weighted by Gasteiger charge is -2.18. The summed E-state index contributed by atoms with van der Waals surface area (Å²) in [5, 5.41) is 3.25. The van der Waals surface area contributed by atoms with Crippen LogP contribution in [0.3, 0.4) is 0 Å². The van der Waals surface area contributed by atoms with Crippen LogP contribution < -0.4 is 15.8 Å². The van der Waals surface area contributed by atoms with Gasteiger partial charge in [0.25, 0.3) is 0 Å². The van der Waals surface area contributed by atoms with Gasteiger partial charge in [-0.05, 0) is 30.6 Å². The van der Waals surface area contributed by atoms with E-state index in [9.17, 15) is 4.39 Å². The molecule has 1 fully saturated rings. The minimum Gasteiger partial charge on any atom is -0.497 e. The van der Waals surface area contributed by atoms with Gasteiger partial charge in [0.15, 0.2) is 0 Å². The number of hydrogen-bond acceptors (Lipinski definition) is 3. The Kier molecular flexibility index (Phi) is 3.41. The summed E-state index contributed by atoms with van der Waals surface area (Å²) < 4.78 is 18.8. The van der Waals surface area contributed by atoms with E-state index in [1.807, 2.05) is 0 Å². The molecule has 2 unspecified atom stereocenters. The second-order valence-corrected chi connectivity index (χ2v) is 4.15. The summed E-state index contributed by atoms with van der Waals surface area (Å²) >= 11 is 0. The van der Waals surface area contributed by atoms with Crippen molar-refractivity contribution in [2.24, 2.45) is 11.7 Å². The highest BCUT2D eigenvalue weighted by Gasteiger charge is 2.29. The molecule has 0 saturated carbocycles. The van der Waals surface area contributed by atoms with Crippen molar-refractivity contribution in [3.8, 4) is 5.75 Å². The summed E-state index contributed by atoms with van der Waals surface area (Å²) in [4.78, 5) is 0. The van der Waals surface area contributed by atoms with Crippen LogP contribution in [0.5, 0.6) is 5.75 Å². The van der Waals surface area contributed by atoms with Crippen molar-refractivity contribution in [2.45, 2.75) is 5.92 Å². The van der Waals surface area contributed by atoms with Crippen LogP contribution in [0.2, 0.25) is 0 Å². The zero-order valence-corrected chi connectivity index (χ0v) is 9.37. The summed E-state index contributed by atoms with van der Waals surface area (Å²) in [5.41, 5.74) is 6.42. The third-order valence-corrected chi connectivity index (χ3v) is 3.25. The fraction of sp³-hybridized carbons (Fsp3) is 0.500. The quantitative estimate of drug-likeness (QED) is 0.808. The van der Waals surface area contributed by atoms with Gasteiger partial charge in [-0.25, -0.2) is 4.39 Å². The molecule has 2 atom stereocenters. The van der Waals surface area contributed by atoms with Gasteiger partial charge in [-0.1, -0.05) is 6.07 Å². The second kappa shape index (κ2) is 4.80. The summed E-state index contributed by atoms with van der Waals surface area (Å²) in [6, 6.07) is 5.03. The summed E-state index contributed by atoms with van der Waals surface area (Å²) in [7, 11) is 1.54. The summed E-state index contributed by atoms with van der Waals surface area (Å²) in [6.07, 6.45) is 0. The number of nitrogens with two attached hydrogens (primary N) is 1. The molecule has 1 saturated heterocycles. The Morgan fingerprint density at radius 2 is 2.31 bits per heavy atom. The highest BCUT2D eigenvalue weighted by atomic mass is 19.1. The molecule has 0 aromatic heterocycles. The molecule has 16 heavy (non-hydrogen) atoms. The van der Waals surface area contributed by atoms with Crippen LogP contribution >= 0.6 is 0 Å². The van der Waals surface area contributed by atoms with Crippen LogP contribution in [0, 0.1) is 11.7 Å². The lowest BCUT2D eigenvalue weighted by molar-refractivity contribution is 0.409. The van der Waals surface area contributed by atoms with Crippen LogP contribution in [0.25, 0.3) is 0 Å². The number of hydrogen-bond donors (Lipinski definition) is 2. The molecule has 0 radical (unpaired) electrons. The first-order valence-electron chi connectivity index (χ1n) is 5.50. The lowest BCUT2D eigenvalue weighted by atomic mass is 9.88. The Labute approximate surface area is 94.8 Å². The van der Waals surface area contributed by atoms with Gasteiger partial charge in [-0.3, -0.25) is 0 Å². The molecule has 1 heterocycles. The standard InChI is InChI=1S/C12H17FN2O/c1-16-9-2-3-10(12(13)4-9)11-7-15-6-8(11)5-14/h2-4,8,11,15H,5-7,14H2,1H3. The van der Waals surface area contributed by atoms with E-state index in [4.69, 9.17) is 10.5 Å². The number of methoxy groups -OCH3 is 1. The Balaban J connectivity index is 2.26. The molecule has 88 valence electrons. The Morgan fingerprint density at radius 1 is 1.50 bits per heavy atom. The van der Waals surface area contributed by atoms with Crippen LogP contribution in [-0.4, -0.2) is 26.7 Å². The monoisotopic (exact) mass is 224 g/mol. The number of benzene rings is 1. The van der Waals surface area contributed by atoms with Crippen LogP contribution in [0.1, 0.15) is 11.5 Å². The SMILES string of the molecule is COc1ccc(C2CNCC2CN)c(F)c1. The van der Waals surface area contributed by atoms with E-state index in [1.165, 1.54) is 13.2 Å². The molecule has 3 N–H and O–H groups in total. The molecule has 0 aliphatic carbocycles. The molecular formula is C12H17FN2O. The average molecular weight is 224 g/mol. The Morgan fingerprint density at radius 3 is 2.94 bits per heavy atom. The third kappa shape index (κ3) is 2.03. The largest absolute Gasteiger partial charge is 0.497 e. The number of ether oxygens (including phenoxy) is 1. The van der Waals surface area contributed by atoms with E-state index in [0.717, 1.165) is 18.7 Å². The smallest absolute Gasteiger partial charge is 0.130 e. The first-order valence-corrected chi connectivity index (χ1v) is 5.50. The molecule has 3 nitrogen and oxygen atoms in total. The Bertz CT molecular complexity index is 370. The molecule has 1 aromatic carbocycles. The highest BCUT2D eigenvalue weighted by molar-refractivity contribution is 5.32. The number of nitrogens with one attached hydrogen (secondary N) is 1. The molecule has 2 rings (SSSR count). The maximum Gasteiger partial charge on any atom is 0.130 e. The normalized spacial score (nSPS) is 24.7. The van der Waals surface area contributed by atoms with E-state index >= 15 is 0 Å². The predicted octanol–water partition coefficient (Wildman–Crippen LogP) is 1.10. The first kappa shape index (κ1) is 11.4. The van der Waals surface area contributed by atoms with Crippen LogP contribution in [0.15, 0.2) is 18.2 Å². The molecule has 0 bridgehead atoms. The van der Waals surface area contributed by atoms with Crippen LogP contribution in [0.4, 0.5) is 4.39 Å². The lowest BCUT2D eigenvalue weighted by Crippen LogP contribution is -2.21. The minimum absolute atomic E-state index is 0.177. The van der Waals surface area contributed by atoms with E-state index in [1.54, 1.807) is 12.1 Å². The molecule has 4 heteroatoms. The van der Waals surface area contributed by atoms with Crippen molar-refractivity contribution in [1.82, 2.24) is 5.32 Å². The van der Waals surface area contributed by atoms with E-state index < -0.39 is 0 Å². The first-order chi connectivity index (χ1) is 7.76. The molecule has 0 amide bonds. The molecule has 1 aromatic rings. The van der Waals surface area contributed by atoms with Gasteiger partial charge < -0.3 is 15.8 Å². The molecule has 1 aliphatic rings. The zero-order chi connectivity index (χ0) is 11.5. The van der Waals surface area contributed by atoms with Crippen LogP contribution in [-0.2, 0) is 0 Å². The van der Waals surface area contributed by atoms with E-state index in [-0.39, 0.29) is 11.7 Å². The zero-order valence-electron chi connectivity index (χ0n) is 9.37. The van der Waals surface area contributed by atoms with Gasteiger partial charge in [-0.15, -0.1) is 0 Å². The van der Waals surface area contributed by atoms with Crippen molar-refractivity contribution in [1.29, 1.82) is 0 Å². The van der Waals surface area contributed by atoms with E-state index in [0.29, 0.717) is 18.2 Å². The third-order valence-electron chi connectivity index (χ3n) is 3.25. The Hall–Kier alpha value is -1.13. The molecule has 1 aliphatic heterocycles. The van der Waals surface area contributed by atoms with Crippen molar-refractivity contribution in [3.05, 3.63) is 29.6 Å². The van der Waals surface area contributed by atoms with Crippen molar-refractivity contribution in [2.75, 3.05) is 26.7 Å². The summed E-state index contributed by atoms with van der Waals surface area (Å²) in [5.74, 6) is 0.849. The summed E-state index contributed by atoms with van der Waals surface area (Å²) in [6.45, 7) is 2.25. The fourth-order valence-electron chi connectivity index (χ4n) is 2.28. The van der Waals surface area contributed by atoms with Gasteiger partial charge in [0.05, 0.1) is 7.11 Å². The van der Waals surface area contributed by atoms with Crippen molar-refractivity contribution < 1.29 is 9.13 Å². The number of rotatable bonds is 3. The van der Waals surface area contributed by atoms with Crippen molar-refractivity contribution >= 4 is 0 Å². The second-order valence-electron chi connectivity index (χ2n) is 4.15. The van der Waals surface area contributed by atoms with Gasteiger partial charge in [0.1, 0.15) is 11.6 Å². The van der Waals surface area contributed by atoms with Crippen molar-refractivity contribution in [3.63, 3.8) is 0 Å². The molecule has 0 spiro atoms. The topological polar surface area (TPSA) is 47.3 Å². The maximum atomic E-state index is 13.9. The fourth-order valence-corrected chi connectivity index (χ4v) is 2.28. The maximum absolute atomic E-state index is 13.9. The van der Waals surface area contributed by atoms with Gasteiger partial charge in [-0.2, -0.15) is 0 Å². The van der Waals surface area contributed by atoms with E-state index in [2.05, 4.69) is 5.32 Å². The molecular weight excluding hydrogens is 207 g/mol. The van der Waals surface area contributed by atoms with Gasteiger partial charge in [0.2, 0.25) is 0 Å². The number of halogens is 1.